The zero-order valence-corrected chi connectivity index (χ0v) is 22.2. The van der Waals surface area contributed by atoms with E-state index in [0.717, 1.165) is 16.2 Å². The van der Waals surface area contributed by atoms with Gasteiger partial charge in [-0.1, -0.05) is 36.4 Å². The first kappa shape index (κ1) is 26.1. The highest BCUT2D eigenvalue weighted by Gasteiger charge is 2.31. The minimum Gasteiger partial charge on any atom is -0.507 e. The Morgan fingerprint density at radius 2 is 1.08 bits per heavy atom. The Labute approximate surface area is 221 Å². The van der Waals surface area contributed by atoms with Gasteiger partial charge in [-0.2, -0.15) is 13.2 Å². The zero-order valence-electron chi connectivity index (χ0n) is 20.6. The number of phenols is 1. The Balaban J connectivity index is 0.000000157. The first-order valence-corrected chi connectivity index (χ1v) is 15.8. The molecule has 7 heteroatoms. The summed E-state index contributed by atoms with van der Waals surface area (Å²) in [7, 11) is 0.643. The molecule has 1 N–H and O–H groups in total. The van der Waals surface area contributed by atoms with Crippen molar-refractivity contribution in [2.45, 2.75) is 41.7 Å². The molecule has 0 bridgehead atoms. The molecule has 0 atom stereocenters. The smallest absolute Gasteiger partial charge is 0.422 e. The highest BCUT2D eigenvalue weighted by molar-refractivity contribution is 7.97. The molecule has 2 heterocycles. The van der Waals surface area contributed by atoms with Crippen LogP contribution < -0.4 is 4.74 Å². The van der Waals surface area contributed by atoms with Crippen molar-refractivity contribution in [3.05, 3.63) is 72.8 Å². The van der Waals surface area contributed by atoms with E-state index in [9.17, 15) is 18.3 Å². The van der Waals surface area contributed by atoms with Crippen molar-refractivity contribution in [1.29, 1.82) is 0 Å². The van der Waals surface area contributed by atoms with Gasteiger partial charge in [0.15, 0.2) is 16.4 Å². The monoisotopic (exact) mass is 544 g/mol. The molecule has 2 aliphatic rings. The number of halogens is 3. The summed E-state index contributed by atoms with van der Waals surface area (Å²) in [5.41, 5.74) is 0. The third-order valence-electron chi connectivity index (χ3n) is 6.78. The van der Waals surface area contributed by atoms with Gasteiger partial charge in [-0.25, -0.2) is 0 Å². The van der Waals surface area contributed by atoms with Crippen LogP contribution in [0.4, 0.5) is 13.2 Å². The molecular formula is C30H31F3O2S2+2. The molecule has 4 aromatic carbocycles. The highest BCUT2D eigenvalue weighted by Crippen LogP contribution is 2.36. The van der Waals surface area contributed by atoms with Crippen LogP contribution in [0.1, 0.15) is 25.7 Å². The average Bonchev–Trinajstić information content (AvgIpc) is 3.63. The molecule has 0 amide bonds. The summed E-state index contributed by atoms with van der Waals surface area (Å²) >= 11 is 0. The van der Waals surface area contributed by atoms with Crippen LogP contribution in [-0.4, -0.2) is 40.9 Å². The van der Waals surface area contributed by atoms with Crippen molar-refractivity contribution in [2.24, 2.45) is 0 Å². The molecule has 0 aliphatic carbocycles. The molecule has 2 fully saturated rings. The van der Waals surface area contributed by atoms with Crippen molar-refractivity contribution >= 4 is 43.3 Å². The summed E-state index contributed by atoms with van der Waals surface area (Å²) < 4.78 is 42.0. The van der Waals surface area contributed by atoms with E-state index in [2.05, 4.69) is 18.2 Å². The summed E-state index contributed by atoms with van der Waals surface area (Å²) in [6, 6.07) is 23.4. The van der Waals surface area contributed by atoms with Gasteiger partial charge in [0.05, 0.1) is 0 Å². The molecule has 2 aliphatic heterocycles. The Hall–Kier alpha value is -2.51. The van der Waals surface area contributed by atoms with Gasteiger partial charge in [-0.15, -0.1) is 0 Å². The molecular weight excluding hydrogens is 513 g/mol. The van der Waals surface area contributed by atoms with Crippen molar-refractivity contribution in [3.63, 3.8) is 0 Å². The van der Waals surface area contributed by atoms with Gasteiger partial charge in [0.2, 0.25) is 0 Å². The second-order valence-corrected chi connectivity index (χ2v) is 13.8. The third kappa shape index (κ3) is 6.15. The number of phenolic OH excluding ortho intramolecular Hbond substituents is 1. The number of alkyl halides is 3. The Kier molecular flexibility index (Phi) is 8.10. The predicted octanol–water partition coefficient (Wildman–Crippen LogP) is 7.87. The number of benzene rings is 4. The summed E-state index contributed by atoms with van der Waals surface area (Å²) in [5, 5.41) is 13.9. The fourth-order valence-corrected chi connectivity index (χ4v) is 10.0. The van der Waals surface area contributed by atoms with Crippen molar-refractivity contribution in [2.75, 3.05) is 29.6 Å². The second kappa shape index (κ2) is 11.5. The summed E-state index contributed by atoms with van der Waals surface area (Å²) in [5.74, 6) is 5.75. The van der Waals surface area contributed by atoms with E-state index in [-0.39, 0.29) is 10.9 Å². The maximum absolute atomic E-state index is 12.3. The molecule has 37 heavy (non-hydrogen) atoms. The summed E-state index contributed by atoms with van der Waals surface area (Å²) in [6.07, 6.45) is 0.886. The van der Waals surface area contributed by atoms with Gasteiger partial charge in [-0.3, -0.25) is 0 Å². The zero-order chi connectivity index (χ0) is 25.8. The molecule has 0 saturated carbocycles. The van der Waals surface area contributed by atoms with Crippen molar-refractivity contribution in [1.82, 2.24) is 0 Å². The van der Waals surface area contributed by atoms with Gasteiger partial charge in [0.25, 0.3) is 0 Å². The lowest BCUT2D eigenvalue weighted by Crippen LogP contribution is -2.19. The van der Waals surface area contributed by atoms with E-state index in [0.29, 0.717) is 22.4 Å². The number of aromatic hydroxyl groups is 1. The van der Waals surface area contributed by atoms with Crippen LogP contribution in [0.15, 0.2) is 82.6 Å². The van der Waals surface area contributed by atoms with Crippen LogP contribution in [0.2, 0.25) is 0 Å². The van der Waals surface area contributed by atoms with Gasteiger partial charge >= 0.3 is 6.18 Å². The van der Waals surface area contributed by atoms with E-state index in [1.165, 1.54) is 63.9 Å². The van der Waals surface area contributed by atoms with E-state index in [1.807, 2.05) is 48.5 Å². The van der Waals surface area contributed by atoms with E-state index in [1.54, 1.807) is 6.07 Å². The molecule has 0 radical (unpaired) electrons. The van der Waals surface area contributed by atoms with Gasteiger partial charge in [0, 0.05) is 43.3 Å². The van der Waals surface area contributed by atoms with Gasteiger partial charge in [-0.05, 0) is 62.1 Å². The molecule has 2 nitrogen and oxygen atoms in total. The summed E-state index contributed by atoms with van der Waals surface area (Å²) in [6.45, 7) is -1.25. The summed E-state index contributed by atoms with van der Waals surface area (Å²) in [4.78, 5) is 2.72. The molecule has 2 saturated heterocycles. The first-order chi connectivity index (χ1) is 17.9. The Morgan fingerprint density at radius 1 is 0.622 bits per heavy atom. The standard InChI is InChI=1S/C16H16F3OS.C14H14OS/c17-16(18,19)11-20-14-7-8-15(21-9-3-4-10-21)13-6-2-1-5-12(13)14;15-13-7-8-14(16-9-3-4-10-16)12-6-2-1-5-11(12)13/h1-2,5-8H,3-4,9-11H2;1-2,5-8H,3-4,9-10H2/q+1;/p+1. The Morgan fingerprint density at radius 3 is 1.62 bits per heavy atom. The van der Waals surface area contributed by atoms with Crippen LogP contribution in [0.3, 0.4) is 0 Å². The lowest BCUT2D eigenvalue weighted by molar-refractivity contribution is -0.153. The average molecular weight is 545 g/mol. The molecule has 6 rings (SSSR count). The molecule has 4 aromatic rings. The van der Waals surface area contributed by atoms with Crippen molar-refractivity contribution < 1.29 is 23.0 Å². The van der Waals surface area contributed by atoms with Crippen molar-refractivity contribution in [3.8, 4) is 11.5 Å². The topological polar surface area (TPSA) is 29.5 Å². The highest BCUT2D eigenvalue weighted by atomic mass is 32.2. The van der Waals surface area contributed by atoms with E-state index >= 15 is 0 Å². The fourth-order valence-electron chi connectivity index (χ4n) is 5.04. The van der Waals surface area contributed by atoms with E-state index in [4.69, 9.17) is 4.74 Å². The minimum atomic E-state index is -4.31. The van der Waals surface area contributed by atoms with Crippen LogP contribution in [0, 0.1) is 0 Å². The lowest BCUT2D eigenvalue weighted by atomic mass is 10.1. The van der Waals surface area contributed by atoms with E-state index < -0.39 is 12.8 Å². The van der Waals surface area contributed by atoms with Gasteiger partial charge < -0.3 is 9.84 Å². The lowest BCUT2D eigenvalue weighted by Gasteiger charge is -2.13. The SMILES string of the molecule is FC(F)(F)COc1ccc([S+]2CCCC2)c2ccccc12.Oc1ccc([S+]2CCCC2)c2ccccc12. The number of fused-ring (bicyclic) bond motifs is 2. The fraction of sp³-hybridized carbons (Fsp3) is 0.333. The first-order valence-electron chi connectivity index (χ1n) is 12.7. The predicted molar refractivity (Wildman–Crippen MR) is 150 cm³/mol. The molecule has 0 spiro atoms. The molecule has 0 aromatic heterocycles. The number of hydrogen-bond donors (Lipinski definition) is 1. The van der Waals surface area contributed by atoms with Crippen LogP contribution in [0.25, 0.3) is 21.5 Å². The third-order valence-corrected chi connectivity index (χ3v) is 11.9. The molecule has 0 unspecified atom stereocenters. The number of ether oxygens (including phenoxy) is 1. The quantitative estimate of drug-likeness (QED) is 0.265. The molecule has 194 valence electrons. The second-order valence-electron chi connectivity index (χ2n) is 9.36. The normalized spacial score (nSPS) is 16.7. The Bertz CT molecular complexity index is 1360. The van der Waals surface area contributed by atoms with Crippen LogP contribution in [0.5, 0.6) is 11.5 Å². The minimum absolute atomic E-state index is 0.228. The number of rotatable bonds is 4. The maximum atomic E-state index is 12.3. The number of hydrogen-bond acceptors (Lipinski definition) is 2. The van der Waals surface area contributed by atoms with Crippen LogP contribution >= 0.6 is 0 Å². The maximum Gasteiger partial charge on any atom is 0.422 e. The van der Waals surface area contributed by atoms with Gasteiger partial charge in [0.1, 0.15) is 34.5 Å². The van der Waals surface area contributed by atoms with Crippen LogP contribution in [-0.2, 0) is 21.8 Å². The largest absolute Gasteiger partial charge is 0.507 e.